The minimum absolute atomic E-state index is 0.151. The summed E-state index contributed by atoms with van der Waals surface area (Å²) in [5.74, 6) is -1.20. The van der Waals surface area contributed by atoms with Crippen molar-refractivity contribution in [3.8, 4) is 0 Å². The van der Waals surface area contributed by atoms with Crippen molar-refractivity contribution in [1.29, 1.82) is 0 Å². The first-order valence-corrected chi connectivity index (χ1v) is 4.79. The molecule has 0 aromatic carbocycles. The molecular formula is C10H17NO4. The third-order valence-corrected chi connectivity index (χ3v) is 1.60. The predicted octanol–water partition coefficient (Wildman–Crippen LogP) is 0.560. The predicted molar refractivity (Wildman–Crippen MR) is 55.5 cm³/mol. The fourth-order valence-electron chi connectivity index (χ4n) is 0.829. The van der Waals surface area contributed by atoms with Crippen molar-refractivity contribution in [1.82, 2.24) is 5.32 Å². The van der Waals surface area contributed by atoms with Crippen LogP contribution in [0.3, 0.4) is 0 Å². The quantitative estimate of drug-likeness (QED) is 0.351. The van der Waals surface area contributed by atoms with Crippen molar-refractivity contribution in [2.45, 2.75) is 19.8 Å². The van der Waals surface area contributed by atoms with Crippen LogP contribution >= 0.6 is 0 Å². The summed E-state index contributed by atoms with van der Waals surface area (Å²) in [6.45, 7) is 6.44. The second-order valence-corrected chi connectivity index (χ2v) is 3.16. The molecule has 0 radical (unpaired) electrons. The normalized spacial score (nSPS) is 9.67. The highest BCUT2D eigenvalue weighted by molar-refractivity contribution is 5.86. The van der Waals surface area contributed by atoms with E-state index in [1.165, 1.54) is 0 Å². The van der Waals surface area contributed by atoms with Crippen molar-refractivity contribution >= 4 is 11.9 Å². The lowest BCUT2D eigenvalue weighted by Gasteiger charge is -2.05. The van der Waals surface area contributed by atoms with Gasteiger partial charge < -0.3 is 15.2 Å². The van der Waals surface area contributed by atoms with Gasteiger partial charge in [0.05, 0.1) is 0 Å². The summed E-state index contributed by atoms with van der Waals surface area (Å²) < 4.78 is 4.81. The van der Waals surface area contributed by atoms with Crippen LogP contribution in [0, 0.1) is 0 Å². The Morgan fingerprint density at radius 1 is 1.40 bits per heavy atom. The molecule has 0 bridgehead atoms. The van der Waals surface area contributed by atoms with E-state index >= 15 is 0 Å². The molecule has 0 fully saturated rings. The minimum atomic E-state index is -0.800. The van der Waals surface area contributed by atoms with Gasteiger partial charge in [-0.15, -0.1) is 0 Å². The second-order valence-electron chi connectivity index (χ2n) is 3.16. The maximum atomic E-state index is 10.9. The third-order valence-electron chi connectivity index (χ3n) is 1.60. The topological polar surface area (TPSA) is 75.6 Å². The van der Waals surface area contributed by atoms with Crippen LogP contribution in [-0.2, 0) is 14.3 Å². The molecule has 5 heteroatoms. The van der Waals surface area contributed by atoms with E-state index in [9.17, 15) is 9.59 Å². The van der Waals surface area contributed by atoms with Gasteiger partial charge in [-0.1, -0.05) is 6.58 Å². The maximum absolute atomic E-state index is 10.9. The Labute approximate surface area is 89.1 Å². The number of aliphatic carboxylic acids is 1. The van der Waals surface area contributed by atoms with E-state index < -0.39 is 11.9 Å². The molecule has 0 atom stereocenters. The van der Waals surface area contributed by atoms with Gasteiger partial charge in [-0.25, -0.2) is 4.79 Å². The number of esters is 1. The first-order chi connectivity index (χ1) is 7.04. The van der Waals surface area contributed by atoms with Crippen molar-refractivity contribution < 1.29 is 19.4 Å². The van der Waals surface area contributed by atoms with Crippen LogP contribution in [0.1, 0.15) is 19.8 Å². The number of hydrogen-bond acceptors (Lipinski definition) is 4. The Balaban J connectivity index is 3.22. The van der Waals surface area contributed by atoms with E-state index in [1.54, 1.807) is 6.92 Å². The Morgan fingerprint density at radius 3 is 2.60 bits per heavy atom. The summed E-state index contributed by atoms with van der Waals surface area (Å²) in [5, 5.41) is 11.3. The lowest BCUT2D eigenvalue weighted by molar-refractivity contribution is -0.139. The van der Waals surface area contributed by atoms with Gasteiger partial charge in [-0.2, -0.15) is 0 Å². The van der Waals surface area contributed by atoms with Crippen molar-refractivity contribution in [3.63, 3.8) is 0 Å². The molecule has 86 valence electrons. The summed E-state index contributed by atoms with van der Waals surface area (Å²) in [5.41, 5.74) is 0.376. The standard InChI is InChI=1S/C10H17NO4/c1-8(2)10(14)15-7-6-11-5-3-4-9(12)13/h11H,1,3-7H2,2H3,(H,12,13). The Hall–Kier alpha value is -1.36. The van der Waals surface area contributed by atoms with E-state index in [-0.39, 0.29) is 13.0 Å². The average molecular weight is 215 g/mol. The van der Waals surface area contributed by atoms with Gasteiger partial charge in [0.2, 0.25) is 0 Å². The van der Waals surface area contributed by atoms with Crippen LogP contribution in [0.2, 0.25) is 0 Å². The highest BCUT2D eigenvalue weighted by atomic mass is 16.5. The second kappa shape index (κ2) is 7.99. The van der Waals surface area contributed by atoms with E-state index in [1.807, 2.05) is 0 Å². The van der Waals surface area contributed by atoms with E-state index in [2.05, 4.69) is 11.9 Å². The first kappa shape index (κ1) is 13.6. The molecule has 5 nitrogen and oxygen atoms in total. The molecule has 15 heavy (non-hydrogen) atoms. The largest absolute Gasteiger partial charge is 0.481 e. The van der Waals surface area contributed by atoms with Gasteiger partial charge in [-0.05, 0) is 19.9 Å². The number of ether oxygens (including phenoxy) is 1. The number of rotatable bonds is 8. The zero-order valence-corrected chi connectivity index (χ0v) is 8.91. The molecule has 0 amide bonds. The summed E-state index contributed by atoms with van der Waals surface area (Å²) in [7, 11) is 0. The minimum Gasteiger partial charge on any atom is -0.481 e. The Bertz CT molecular complexity index is 238. The monoisotopic (exact) mass is 215 g/mol. The molecule has 0 aromatic heterocycles. The SMILES string of the molecule is C=C(C)C(=O)OCCNCCCC(=O)O. The third kappa shape index (κ3) is 8.96. The van der Waals surface area contributed by atoms with E-state index in [0.717, 1.165) is 0 Å². The number of carboxylic acids is 1. The van der Waals surface area contributed by atoms with Gasteiger partial charge in [0.15, 0.2) is 0 Å². The molecule has 0 heterocycles. The van der Waals surface area contributed by atoms with Gasteiger partial charge >= 0.3 is 11.9 Å². The molecule has 0 spiro atoms. The molecule has 0 saturated carbocycles. The fraction of sp³-hybridized carbons (Fsp3) is 0.600. The van der Waals surface area contributed by atoms with Gasteiger partial charge in [0.1, 0.15) is 6.61 Å². The van der Waals surface area contributed by atoms with Crippen molar-refractivity contribution in [3.05, 3.63) is 12.2 Å². The number of carbonyl (C=O) groups excluding carboxylic acids is 1. The Morgan fingerprint density at radius 2 is 2.07 bits per heavy atom. The molecule has 0 saturated heterocycles. The highest BCUT2D eigenvalue weighted by Gasteiger charge is 2.01. The van der Waals surface area contributed by atoms with Crippen LogP contribution in [0.4, 0.5) is 0 Å². The molecule has 0 aliphatic carbocycles. The zero-order chi connectivity index (χ0) is 11.7. The Kier molecular flexibility index (Phi) is 7.27. The highest BCUT2D eigenvalue weighted by Crippen LogP contribution is 1.90. The van der Waals surface area contributed by atoms with Crippen LogP contribution in [0.25, 0.3) is 0 Å². The maximum Gasteiger partial charge on any atom is 0.333 e. The van der Waals surface area contributed by atoms with E-state index in [4.69, 9.17) is 9.84 Å². The number of carbonyl (C=O) groups is 2. The summed E-state index contributed by atoms with van der Waals surface area (Å²) in [4.78, 5) is 21.0. The summed E-state index contributed by atoms with van der Waals surface area (Å²) >= 11 is 0. The summed E-state index contributed by atoms with van der Waals surface area (Å²) in [6.07, 6.45) is 0.725. The van der Waals surface area contributed by atoms with Gasteiger partial charge in [0.25, 0.3) is 0 Å². The van der Waals surface area contributed by atoms with Crippen LogP contribution < -0.4 is 5.32 Å². The molecule has 2 N–H and O–H groups in total. The molecule has 0 aliphatic rings. The zero-order valence-electron chi connectivity index (χ0n) is 8.91. The molecule has 0 aliphatic heterocycles. The summed E-state index contributed by atoms with van der Waals surface area (Å²) in [6, 6.07) is 0. The average Bonchev–Trinajstić information content (AvgIpc) is 2.15. The lowest BCUT2D eigenvalue weighted by atomic mass is 10.3. The number of nitrogens with one attached hydrogen (secondary N) is 1. The fourth-order valence-corrected chi connectivity index (χ4v) is 0.829. The molecule has 0 aromatic rings. The van der Waals surface area contributed by atoms with Crippen molar-refractivity contribution in [2.75, 3.05) is 19.7 Å². The molecule has 0 unspecified atom stereocenters. The number of hydrogen-bond donors (Lipinski definition) is 2. The smallest absolute Gasteiger partial charge is 0.333 e. The first-order valence-electron chi connectivity index (χ1n) is 4.79. The molecule has 0 rings (SSSR count). The van der Waals surface area contributed by atoms with Crippen LogP contribution in [-0.4, -0.2) is 36.7 Å². The number of carboxylic acid groups (broad SMARTS) is 1. The lowest BCUT2D eigenvalue weighted by Crippen LogP contribution is -2.23. The molecular weight excluding hydrogens is 198 g/mol. The van der Waals surface area contributed by atoms with Crippen LogP contribution in [0.5, 0.6) is 0 Å². The van der Waals surface area contributed by atoms with Crippen LogP contribution in [0.15, 0.2) is 12.2 Å². The van der Waals surface area contributed by atoms with E-state index in [0.29, 0.717) is 25.1 Å². The van der Waals surface area contributed by atoms with Gasteiger partial charge in [-0.3, -0.25) is 4.79 Å². The van der Waals surface area contributed by atoms with Crippen molar-refractivity contribution in [2.24, 2.45) is 0 Å². The van der Waals surface area contributed by atoms with Gasteiger partial charge in [0, 0.05) is 18.5 Å².